The van der Waals surface area contributed by atoms with Gasteiger partial charge < -0.3 is 14.8 Å². The summed E-state index contributed by atoms with van der Waals surface area (Å²) in [6.45, 7) is 6.78. The third-order valence-corrected chi connectivity index (χ3v) is 3.84. The van der Waals surface area contributed by atoms with Gasteiger partial charge in [-0.15, -0.1) is 0 Å². The fraction of sp³-hybridized carbons (Fsp3) is 0.786. The van der Waals surface area contributed by atoms with Gasteiger partial charge in [-0.2, -0.15) is 0 Å². The van der Waals surface area contributed by atoms with E-state index >= 15 is 0 Å². The van der Waals surface area contributed by atoms with Gasteiger partial charge in [0, 0.05) is 32.0 Å². The molecule has 0 bridgehead atoms. The molecule has 1 aromatic rings. The van der Waals surface area contributed by atoms with E-state index in [-0.39, 0.29) is 0 Å². The molecule has 0 amide bonds. The minimum absolute atomic E-state index is 0.838. The van der Waals surface area contributed by atoms with Crippen LogP contribution in [-0.2, 0) is 6.54 Å². The molecule has 0 aliphatic carbocycles. The molecule has 1 aromatic heterocycles. The number of aromatic nitrogens is 2. The normalized spacial score (nSPS) is 17.3. The quantitative estimate of drug-likeness (QED) is 0.839. The fourth-order valence-electron chi connectivity index (χ4n) is 2.71. The first-order valence-corrected chi connectivity index (χ1v) is 7.25. The van der Waals surface area contributed by atoms with Crippen LogP contribution >= 0.6 is 0 Å². The minimum atomic E-state index is 0.838. The Bertz CT molecular complexity index is 339. The van der Waals surface area contributed by atoms with Crippen LogP contribution in [0.25, 0.3) is 0 Å². The number of imidazole rings is 1. The summed E-state index contributed by atoms with van der Waals surface area (Å²) in [6.07, 6.45) is 9.08. The maximum Gasteiger partial charge on any atom is 0.205 e. The zero-order valence-electron chi connectivity index (χ0n) is 11.7. The Balaban J connectivity index is 1.90. The van der Waals surface area contributed by atoms with Gasteiger partial charge in [0.2, 0.25) is 5.95 Å². The first kappa shape index (κ1) is 13.4. The lowest BCUT2D eigenvalue weighted by Gasteiger charge is -2.33. The van der Waals surface area contributed by atoms with Gasteiger partial charge in [0.25, 0.3) is 0 Å². The summed E-state index contributed by atoms with van der Waals surface area (Å²) in [5.41, 5.74) is 0. The van der Waals surface area contributed by atoms with E-state index in [1.54, 1.807) is 0 Å². The average molecular weight is 250 g/mol. The van der Waals surface area contributed by atoms with E-state index in [1.165, 1.54) is 31.6 Å². The lowest BCUT2D eigenvalue weighted by Crippen LogP contribution is -2.38. The van der Waals surface area contributed by atoms with E-state index in [0.717, 1.165) is 32.1 Å². The monoisotopic (exact) mass is 250 g/mol. The highest BCUT2D eigenvalue weighted by Crippen LogP contribution is 2.21. The van der Waals surface area contributed by atoms with Gasteiger partial charge in [-0.1, -0.05) is 13.3 Å². The highest BCUT2D eigenvalue weighted by Gasteiger charge is 2.21. The molecule has 1 saturated heterocycles. The third kappa shape index (κ3) is 3.25. The van der Waals surface area contributed by atoms with E-state index in [4.69, 9.17) is 0 Å². The molecule has 4 nitrogen and oxygen atoms in total. The highest BCUT2D eigenvalue weighted by atomic mass is 15.3. The molecule has 18 heavy (non-hydrogen) atoms. The maximum atomic E-state index is 4.54. The van der Waals surface area contributed by atoms with Gasteiger partial charge >= 0.3 is 0 Å². The number of hydrogen-bond donors (Lipinski definition) is 1. The SMILES string of the molecule is CCCCn1ccnc1N1CCC(CNC)CC1. The molecule has 0 unspecified atom stereocenters. The Morgan fingerprint density at radius 1 is 1.39 bits per heavy atom. The standard InChI is InChI=1S/C14H26N4/c1-3-4-8-17-11-7-16-14(17)18-9-5-13(6-10-18)12-15-2/h7,11,13,15H,3-6,8-10,12H2,1-2H3. The molecular weight excluding hydrogens is 224 g/mol. The van der Waals surface area contributed by atoms with Gasteiger partial charge in [0.1, 0.15) is 0 Å². The van der Waals surface area contributed by atoms with Crippen LogP contribution in [0.1, 0.15) is 32.6 Å². The van der Waals surface area contributed by atoms with Crippen molar-refractivity contribution in [1.29, 1.82) is 0 Å². The van der Waals surface area contributed by atoms with Crippen molar-refractivity contribution in [2.75, 3.05) is 31.6 Å². The Kier molecular flexibility index (Phi) is 5.05. The Morgan fingerprint density at radius 3 is 2.83 bits per heavy atom. The lowest BCUT2D eigenvalue weighted by molar-refractivity contribution is 0.388. The molecule has 0 spiro atoms. The summed E-state index contributed by atoms with van der Waals surface area (Å²) in [5, 5.41) is 3.29. The molecule has 1 fully saturated rings. The number of nitrogens with zero attached hydrogens (tertiary/aromatic N) is 3. The average Bonchev–Trinajstić information content (AvgIpc) is 2.86. The van der Waals surface area contributed by atoms with Crippen LogP contribution in [0.2, 0.25) is 0 Å². The highest BCUT2D eigenvalue weighted by molar-refractivity contribution is 5.31. The summed E-state index contributed by atoms with van der Waals surface area (Å²) in [7, 11) is 2.05. The van der Waals surface area contributed by atoms with Gasteiger partial charge in [-0.05, 0) is 38.8 Å². The van der Waals surface area contributed by atoms with Crippen LogP contribution in [0.3, 0.4) is 0 Å². The Morgan fingerprint density at radius 2 is 2.17 bits per heavy atom. The van der Waals surface area contributed by atoms with Crippen LogP contribution in [0.5, 0.6) is 0 Å². The van der Waals surface area contributed by atoms with E-state index < -0.39 is 0 Å². The predicted molar refractivity (Wildman–Crippen MR) is 76.0 cm³/mol. The van der Waals surface area contributed by atoms with Crippen molar-refractivity contribution in [3.05, 3.63) is 12.4 Å². The number of piperidine rings is 1. The van der Waals surface area contributed by atoms with Crippen molar-refractivity contribution in [2.24, 2.45) is 5.92 Å². The Labute approximate surface area is 110 Å². The van der Waals surface area contributed by atoms with E-state index in [1.807, 2.05) is 13.2 Å². The first-order valence-electron chi connectivity index (χ1n) is 7.25. The molecular formula is C14H26N4. The lowest BCUT2D eigenvalue weighted by atomic mass is 9.97. The Hall–Kier alpha value is -1.03. The molecule has 1 aliphatic rings. The molecule has 0 saturated carbocycles. The fourth-order valence-corrected chi connectivity index (χ4v) is 2.71. The van der Waals surface area contributed by atoms with Crippen molar-refractivity contribution in [2.45, 2.75) is 39.2 Å². The number of anilines is 1. The van der Waals surface area contributed by atoms with Crippen LogP contribution < -0.4 is 10.2 Å². The van der Waals surface area contributed by atoms with Crippen molar-refractivity contribution >= 4 is 5.95 Å². The third-order valence-electron chi connectivity index (χ3n) is 3.84. The predicted octanol–water partition coefficient (Wildman–Crippen LogP) is 2.12. The number of unbranched alkanes of at least 4 members (excludes halogenated alkanes) is 1. The second-order valence-corrected chi connectivity index (χ2v) is 5.26. The second kappa shape index (κ2) is 6.78. The summed E-state index contributed by atoms with van der Waals surface area (Å²) in [6, 6.07) is 0. The van der Waals surface area contributed by atoms with Crippen molar-refractivity contribution in [3.8, 4) is 0 Å². The van der Waals surface area contributed by atoms with Crippen LogP contribution in [0.15, 0.2) is 12.4 Å². The smallest absolute Gasteiger partial charge is 0.205 e. The van der Waals surface area contributed by atoms with Crippen molar-refractivity contribution in [3.63, 3.8) is 0 Å². The molecule has 4 heteroatoms. The van der Waals surface area contributed by atoms with Gasteiger partial charge in [0.15, 0.2) is 0 Å². The molecule has 1 aliphatic heterocycles. The summed E-state index contributed by atoms with van der Waals surface area (Å²) >= 11 is 0. The second-order valence-electron chi connectivity index (χ2n) is 5.26. The van der Waals surface area contributed by atoms with E-state index in [2.05, 4.69) is 32.9 Å². The first-order chi connectivity index (χ1) is 8.85. The van der Waals surface area contributed by atoms with Gasteiger partial charge in [-0.25, -0.2) is 4.98 Å². The van der Waals surface area contributed by atoms with Gasteiger partial charge in [0.05, 0.1) is 0 Å². The van der Waals surface area contributed by atoms with E-state index in [0.29, 0.717) is 0 Å². The zero-order chi connectivity index (χ0) is 12.8. The number of hydrogen-bond acceptors (Lipinski definition) is 3. The molecule has 0 aromatic carbocycles. The van der Waals surface area contributed by atoms with Crippen LogP contribution in [0.4, 0.5) is 5.95 Å². The molecule has 1 N–H and O–H groups in total. The van der Waals surface area contributed by atoms with E-state index in [9.17, 15) is 0 Å². The summed E-state index contributed by atoms with van der Waals surface area (Å²) in [4.78, 5) is 6.98. The topological polar surface area (TPSA) is 33.1 Å². The number of aryl methyl sites for hydroxylation is 1. The van der Waals surface area contributed by atoms with Gasteiger partial charge in [-0.3, -0.25) is 0 Å². The van der Waals surface area contributed by atoms with Crippen LogP contribution in [0, 0.1) is 5.92 Å². The summed E-state index contributed by atoms with van der Waals surface area (Å²) in [5.74, 6) is 2.01. The molecule has 2 rings (SSSR count). The largest absolute Gasteiger partial charge is 0.342 e. The van der Waals surface area contributed by atoms with Crippen LogP contribution in [-0.4, -0.2) is 36.2 Å². The number of nitrogens with one attached hydrogen (secondary N) is 1. The molecule has 0 radical (unpaired) electrons. The summed E-state index contributed by atoms with van der Waals surface area (Å²) < 4.78 is 2.31. The zero-order valence-corrected chi connectivity index (χ0v) is 11.7. The number of rotatable bonds is 6. The molecule has 0 atom stereocenters. The minimum Gasteiger partial charge on any atom is -0.342 e. The molecule has 2 heterocycles. The molecule has 102 valence electrons. The van der Waals surface area contributed by atoms with Crippen molar-refractivity contribution in [1.82, 2.24) is 14.9 Å². The van der Waals surface area contributed by atoms with Crippen molar-refractivity contribution < 1.29 is 0 Å². The maximum absolute atomic E-state index is 4.54.